The maximum Gasteiger partial charge on any atom is 0.417 e. The Kier molecular flexibility index (Phi) is 6.30. The van der Waals surface area contributed by atoms with Gasteiger partial charge < -0.3 is 10.1 Å². The van der Waals surface area contributed by atoms with E-state index < -0.39 is 35.2 Å². The first-order valence-corrected chi connectivity index (χ1v) is 10.6. The second kappa shape index (κ2) is 9.16. The predicted molar refractivity (Wildman–Crippen MR) is 118 cm³/mol. The molecule has 0 saturated heterocycles. The Morgan fingerprint density at radius 2 is 1.91 bits per heavy atom. The van der Waals surface area contributed by atoms with Crippen molar-refractivity contribution in [2.75, 3.05) is 11.9 Å². The van der Waals surface area contributed by atoms with E-state index in [1.165, 1.54) is 11.3 Å². The van der Waals surface area contributed by atoms with E-state index >= 15 is 0 Å². The van der Waals surface area contributed by atoms with Gasteiger partial charge in [-0.1, -0.05) is 35.9 Å². The molecule has 0 fully saturated rings. The van der Waals surface area contributed by atoms with Crippen molar-refractivity contribution in [1.82, 2.24) is 9.97 Å². The van der Waals surface area contributed by atoms with Gasteiger partial charge in [-0.15, -0.1) is 11.3 Å². The number of anilines is 1. The van der Waals surface area contributed by atoms with Crippen molar-refractivity contribution >= 4 is 51.5 Å². The van der Waals surface area contributed by atoms with Crippen molar-refractivity contribution < 1.29 is 27.5 Å². The highest BCUT2D eigenvalue weighted by atomic mass is 35.5. The third kappa shape index (κ3) is 5.12. The number of thiophene rings is 1. The lowest BCUT2D eigenvalue weighted by Crippen LogP contribution is -2.22. The molecule has 1 N–H and O–H groups in total. The third-order valence-corrected chi connectivity index (χ3v) is 5.65. The van der Waals surface area contributed by atoms with Gasteiger partial charge in [0.1, 0.15) is 0 Å². The second-order valence-electron chi connectivity index (χ2n) is 6.73. The fraction of sp³-hybridized carbons (Fsp3) is 0.0909. The van der Waals surface area contributed by atoms with Gasteiger partial charge in [-0.3, -0.25) is 4.79 Å². The summed E-state index contributed by atoms with van der Waals surface area (Å²) >= 11 is 7.24. The number of fused-ring (bicyclic) bond motifs is 1. The molecule has 0 atom stereocenters. The van der Waals surface area contributed by atoms with Gasteiger partial charge in [0.05, 0.1) is 32.2 Å². The number of nitrogens with one attached hydrogen (secondary N) is 1. The number of alkyl halides is 3. The van der Waals surface area contributed by atoms with Crippen molar-refractivity contribution in [2.24, 2.45) is 0 Å². The molecule has 1 aromatic carbocycles. The highest BCUT2D eigenvalue weighted by Gasteiger charge is 2.31. The molecule has 4 rings (SSSR count). The second-order valence-corrected chi connectivity index (χ2v) is 8.08. The Labute approximate surface area is 194 Å². The molecule has 0 bridgehead atoms. The van der Waals surface area contributed by atoms with Crippen LogP contribution in [0.1, 0.15) is 15.9 Å². The Hall–Kier alpha value is -3.50. The van der Waals surface area contributed by atoms with Crippen LogP contribution in [0.2, 0.25) is 5.02 Å². The van der Waals surface area contributed by atoms with Gasteiger partial charge in [-0.25, -0.2) is 14.8 Å². The minimum atomic E-state index is -4.62. The third-order valence-electron chi connectivity index (χ3n) is 4.47. The van der Waals surface area contributed by atoms with Crippen LogP contribution in [0.15, 0.2) is 60.1 Å². The highest BCUT2D eigenvalue weighted by Crippen LogP contribution is 2.32. The molecule has 1 amide bonds. The smallest absolute Gasteiger partial charge is 0.417 e. The van der Waals surface area contributed by atoms with Crippen molar-refractivity contribution in [3.05, 3.63) is 76.3 Å². The van der Waals surface area contributed by atoms with E-state index in [1.54, 1.807) is 30.3 Å². The quantitative estimate of drug-likeness (QED) is 0.355. The summed E-state index contributed by atoms with van der Waals surface area (Å²) in [6.45, 7) is -0.692. The van der Waals surface area contributed by atoms with E-state index in [4.69, 9.17) is 16.3 Å². The number of nitrogens with zero attached hydrogens (tertiary/aromatic N) is 2. The number of ether oxygens (including phenoxy) is 1. The van der Waals surface area contributed by atoms with Gasteiger partial charge in [0, 0.05) is 11.6 Å². The normalized spacial score (nSPS) is 11.4. The first-order chi connectivity index (χ1) is 15.7. The lowest BCUT2D eigenvalue weighted by molar-refractivity contribution is -0.137. The van der Waals surface area contributed by atoms with Crippen LogP contribution in [-0.2, 0) is 15.7 Å². The average Bonchev–Trinajstić information content (AvgIpc) is 3.32. The van der Waals surface area contributed by atoms with Gasteiger partial charge in [0.25, 0.3) is 5.91 Å². The molecule has 11 heteroatoms. The van der Waals surface area contributed by atoms with Crippen LogP contribution in [0, 0.1) is 0 Å². The minimum Gasteiger partial charge on any atom is -0.452 e. The Morgan fingerprint density at radius 3 is 2.61 bits per heavy atom. The van der Waals surface area contributed by atoms with Crippen LogP contribution in [0.4, 0.5) is 19.0 Å². The molecular weight excluding hydrogens is 479 g/mol. The number of para-hydroxylation sites is 1. The van der Waals surface area contributed by atoms with Crippen molar-refractivity contribution in [3.8, 4) is 10.6 Å². The number of esters is 1. The molecule has 0 aliphatic heterocycles. The van der Waals surface area contributed by atoms with Crippen LogP contribution >= 0.6 is 22.9 Å². The summed E-state index contributed by atoms with van der Waals surface area (Å²) in [5.41, 5.74) is 0.340. The van der Waals surface area contributed by atoms with E-state index in [-0.39, 0.29) is 11.4 Å². The van der Waals surface area contributed by atoms with Crippen molar-refractivity contribution in [2.45, 2.75) is 6.18 Å². The van der Waals surface area contributed by atoms with E-state index in [0.29, 0.717) is 28.9 Å². The first-order valence-electron chi connectivity index (χ1n) is 9.36. The summed E-state index contributed by atoms with van der Waals surface area (Å²) in [5.74, 6) is -1.84. The number of amides is 1. The fourth-order valence-electron chi connectivity index (χ4n) is 2.96. The monoisotopic (exact) mass is 491 g/mol. The summed E-state index contributed by atoms with van der Waals surface area (Å²) < 4.78 is 43.3. The molecule has 0 aliphatic carbocycles. The summed E-state index contributed by atoms with van der Waals surface area (Å²) in [4.78, 5) is 33.9. The number of carbonyl (C=O) groups is 2. The van der Waals surface area contributed by atoms with Crippen LogP contribution in [-0.4, -0.2) is 28.5 Å². The molecule has 0 spiro atoms. The largest absolute Gasteiger partial charge is 0.452 e. The van der Waals surface area contributed by atoms with Crippen LogP contribution in [0.3, 0.4) is 0 Å². The van der Waals surface area contributed by atoms with E-state index in [1.807, 2.05) is 17.5 Å². The molecule has 0 saturated carbocycles. The van der Waals surface area contributed by atoms with Gasteiger partial charge >= 0.3 is 12.1 Å². The molecule has 6 nitrogen and oxygen atoms in total. The van der Waals surface area contributed by atoms with Gasteiger partial charge in [0.2, 0.25) is 0 Å². The average molecular weight is 492 g/mol. The molecule has 3 heterocycles. The van der Waals surface area contributed by atoms with Crippen molar-refractivity contribution in [1.29, 1.82) is 0 Å². The zero-order valence-corrected chi connectivity index (χ0v) is 18.1. The van der Waals surface area contributed by atoms with E-state index in [2.05, 4.69) is 15.3 Å². The maximum atomic E-state index is 12.8. The molecule has 168 valence electrons. The SMILES string of the molecule is O=C(COC(=O)c1cc(-c2cccs2)nc2ccccc12)Nc1ncc(C(F)(F)F)cc1Cl. The number of rotatable bonds is 5. The maximum absolute atomic E-state index is 12.8. The Bertz CT molecular complexity index is 1340. The number of hydrogen-bond donors (Lipinski definition) is 1. The predicted octanol–water partition coefficient (Wildman–Crippen LogP) is 5.83. The van der Waals surface area contributed by atoms with Gasteiger partial charge in [-0.2, -0.15) is 13.2 Å². The fourth-order valence-corrected chi connectivity index (χ4v) is 3.86. The molecule has 3 aromatic heterocycles. The minimum absolute atomic E-state index is 0.225. The standard InChI is InChI=1S/C22H13ClF3N3O3S/c23-15-8-12(22(24,25)26)10-27-20(15)29-19(30)11-32-21(31)14-9-17(18-6-3-7-33-18)28-16-5-2-1-4-13(14)16/h1-10H,11H2,(H,27,29,30). The van der Waals surface area contributed by atoms with Crippen LogP contribution < -0.4 is 5.32 Å². The molecule has 0 radical (unpaired) electrons. The summed E-state index contributed by atoms with van der Waals surface area (Å²) in [6.07, 6.45) is -4.08. The Balaban J connectivity index is 1.49. The zero-order valence-electron chi connectivity index (χ0n) is 16.5. The summed E-state index contributed by atoms with van der Waals surface area (Å²) in [6, 6.07) is 13.0. The number of pyridine rings is 2. The first kappa shape index (κ1) is 22.7. The van der Waals surface area contributed by atoms with E-state index in [9.17, 15) is 22.8 Å². The van der Waals surface area contributed by atoms with E-state index in [0.717, 1.165) is 4.88 Å². The van der Waals surface area contributed by atoms with Gasteiger partial charge in [-0.05, 0) is 29.6 Å². The summed E-state index contributed by atoms with van der Waals surface area (Å²) in [7, 11) is 0. The number of halogens is 4. The molecular formula is C22H13ClF3N3O3S. The lowest BCUT2D eigenvalue weighted by Gasteiger charge is -2.11. The number of benzene rings is 1. The van der Waals surface area contributed by atoms with Crippen LogP contribution in [0.25, 0.3) is 21.5 Å². The number of hydrogen-bond acceptors (Lipinski definition) is 6. The van der Waals surface area contributed by atoms with Crippen molar-refractivity contribution in [3.63, 3.8) is 0 Å². The highest BCUT2D eigenvalue weighted by molar-refractivity contribution is 7.13. The Morgan fingerprint density at radius 1 is 1.12 bits per heavy atom. The number of carbonyl (C=O) groups excluding carboxylic acids is 2. The molecule has 4 aromatic rings. The molecule has 0 aliphatic rings. The number of aromatic nitrogens is 2. The zero-order chi connectivity index (χ0) is 23.6. The summed E-state index contributed by atoms with van der Waals surface area (Å²) in [5, 5.41) is 4.27. The van der Waals surface area contributed by atoms with Crippen LogP contribution in [0.5, 0.6) is 0 Å². The van der Waals surface area contributed by atoms with Gasteiger partial charge in [0.15, 0.2) is 12.4 Å². The molecule has 33 heavy (non-hydrogen) atoms. The topological polar surface area (TPSA) is 81.2 Å². The lowest BCUT2D eigenvalue weighted by atomic mass is 10.1. The molecule has 0 unspecified atom stereocenters.